The summed E-state index contributed by atoms with van der Waals surface area (Å²) in [6, 6.07) is 16.3. The van der Waals surface area contributed by atoms with E-state index in [4.69, 9.17) is 5.73 Å². The molecule has 0 radical (unpaired) electrons. The summed E-state index contributed by atoms with van der Waals surface area (Å²) in [6.07, 6.45) is 1.96. The van der Waals surface area contributed by atoms with Crippen molar-refractivity contribution >= 4 is 5.69 Å². The molecule has 0 unspecified atom stereocenters. The highest BCUT2D eigenvalue weighted by Gasteiger charge is 2.05. The molecule has 0 amide bonds. The summed E-state index contributed by atoms with van der Waals surface area (Å²) in [7, 11) is 0. The fraction of sp³-hybridized carbons (Fsp3) is 0.222. The van der Waals surface area contributed by atoms with Crippen molar-refractivity contribution in [2.75, 3.05) is 5.73 Å². The highest BCUT2D eigenvalue weighted by molar-refractivity contribution is 5.60. The van der Waals surface area contributed by atoms with E-state index in [2.05, 4.69) is 48.4 Å². The van der Waals surface area contributed by atoms with Crippen molar-refractivity contribution in [1.29, 1.82) is 0 Å². The number of rotatable bonds is 4. The van der Waals surface area contributed by atoms with Crippen molar-refractivity contribution in [2.45, 2.75) is 26.3 Å². The minimum absolute atomic E-state index is 0.553. The molecular weight excluding hydrogens is 272 g/mol. The molecule has 0 saturated carbocycles. The number of anilines is 1. The van der Waals surface area contributed by atoms with E-state index in [0.29, 0.717) is 5.92 Å². The van der Waals surface area contributed by atoms with E-state index in [1.54, 1.807) is 0 Å². The van der Waals surface area contributed by atoms with Crippen LogP contribution in [0.5, 0.6) is 0 Å². The zero-order valence-corrected chi connectivity index (χ0v) is 12.9. The van der Waals surface area contributed by atoms with Gasteiger partial charge in [0, 0.05) is 11.3 Å². The van der Waals surface area contributed by atoms with Gasteiger partial charge in [0.15, 0.2) is 0 Å². The van der Waals surface area contributed by atoms with Gasteiger partial charge in [0.2, 0.25) is 0 Å². The first-order valence-corrected chi connectivity index (χ1v) is 7.47. The van der Waals surface area contributed by atoms with Gasteiger partial charge < -0.3 is 5.73 Å². The summed E-state index contributed by atoms with van der Waals surface area (Å²) < 4.78 is 1.86. The van der Waals surface area contributed by atoms with Crippen molar-refractivity contribution < 1.29 is 0 Å². The quantitative estimate of drug-likeness (QED) is 0.746. The summed E-state index contributed by atoms with van der Waals surface area (Å²) in [4.78, 5) is 0. The van der Waals surface area contributed by atoms with Gasteiger partial charge in [-0.1, -0.05) is 55.5 Å². The van der Waals surface area contributed by atoms with E-state index in [1.165, 1.54) is 11.1 Å². The first-order valence-electron chi connectivity index (χ1n) is 7.47. The fourth-order valence-corrected chi connectivity index (χ4v) is 2.36. The maximum absolute atomic E-state index is 5.70. The summed E-state index contributed by atoms with van der Waals surface area (Å²) in [5, 5.41) is 8.43. The second-order valence-electron chi connectivity index (χ2n) is 5.82. The Kier molecular flexibility index (Phi) is 3.92. The molecule has 2 N–H and O–H groups in total. The molecule has 0 saturated heterocycles. The van der Waals surface area contributed by atoms with Crippen molar-refractivity contribution in [1.82, 2.24) is 15.0 Å². The van der Waals surface area contributed by atoms with Crippen LogP contribution in [0, 0.1) is 0 Å². The van der Waals surface area contributed by atoms with Crippen LogP contribution < -0.4 is 5.73 Å². The molecule has 112 valence electrons. The second-order valence-corrected chi connectivity index (χ2v) is 5.82. The first kappa shape index (κ1) is 14.3. The number of hydrogen-bond acceptors (Lipinski definition) is 3. The van der Waals surface area contributed by atoms with Gasteiger partial charge in [0.25, 0.3) is 0 Å². The van der Waals surface area contributed by atoms with Crippen LogP contribution in [0.25, 0.3) is 11.3 Å². The highest BCUT2D eigenvalue weighted by atomic mass is 15.4. The molecule has 2 aromatic carbocycles. The molecule has 22 heavy (non-hydrogen) atoms. The van der Waals surface area contributed by atoms with E-state index in [1.807, 2.05) is 35.1 Å². The van der Waals surface area contributed by atoms with Crippen LogP contribution in [0.2, 0.25) is 0 Å². The summed E-state index contributed by atoms with van der Waals surface area (Å²) >= 11 is 0. The predicted octanol–water partition coefficient (Wildman–Crippen LogP) is 3.70. The maximum Gasteiger partial charge on any atom is 0.113 e. The molecule has 4 heteroatoms. The summed E-state index contributed by atoms with van der Waals surface area (Å²) in [5.41, 5.74) is 10.9. The van der Waals surface area contributed by atoms with Crippen LogP contribution in [-0.4, -0.2) is 15.0 Å². The number of nitrogens with zero attached hydrogens (tertiary/aromatic N) is 3. The standard InChI is InChI=1S/C18H20N4/c1-13(2)15-5-3-14(4-6-15)11-22-12-18(20-21-22)16-7-9-17(19)10-8-16/h3-10,12-13H,11,19H2,1-2H3. The average Bonchev–Trinajstić information content (AvgIpc) is 2.97. The number of nitrogen functional groups attached to an aromatic ring is 1. The molecule has 1 aromatic heterocycles. The zero-order chi connectivity index (χ0) is 15.5. The Hall–Kier alpha value is -2.62. The third kappa shape index (κ3) is 3.17. The fourth-order valence-electron chi connectivity index (χ4n) is 2.36. The molecule has 0 atom stereocenters. The number of benzene rings is 2. The molecule has 0 spiro atoms. The monoisotopic (exact) mass is 292 g/mol. The molecule has 0 fully saturated rings. The molecule has 0 bridgehead atoms. The first-order chi connectivity index (χ1) is 10.6. The lowest BCUT2D eigenvalue weighted by Gasteiger charge is -2.06. The predicted molar refractivity (Wildman–Crippen MR) is 89.5 cm³/mol. The molecule has 0 aliphatic rings. The van der Waals surface area contributed by atoms with Crippen LogP contribution in [0.15, 0.2) is 54.7 Å². The Labute approximate surface area is 130 Å². The lowest BCUT2D eigenvalue weighted by molar-refractivity contribution is 0.649. The van der Waals surface area contributed by atoms with Crippen LogP contribution in [-0.2, 0) is 6.54 Å². The Morgan fingerprint density at radius 3 is 2.32 bits per heavy atom. The van der Waals surface area contributed by atoms with Gasteiger partial charge in [0.1, 0.15) is 5.69 Å². The molecule has 3 rings (SSSR count). The van der Waals surface area contributed by atoms with E-state index in [9.17, 15) is 0 Å². The topological polar surface area (TPSA) is 56.7 Å². The molecule has 0 aliphatic carbocycles. The van der Waals surface area contributed by atoms with Crippen molar-refractivity contribution in [3.8, 4) is 11.3 Å². The van der Waals surface area contributed by atoms with E-state index in [0.717, 1.165) is 23.5 Å². The Bertz CT molecular complexity index is 740. The van der Waals surface area contributed by atoms with E-state index >= 15 is 0 Å². The highest BCUT2D eigenvalue weighted by Crippen LogP contribution is 2.18. The molecular formula is C18H20N4. The third-order valence-electron chi connectivity index (χ3n) is 3.74. The SMILES string of the molecule is CC(C)c1ccc(Cn2cc(-c3ccc(N)cc3)nn2)cc1. The summed E-state index contributed by atoms with van der Waals surface area (Å²) in [5.74, 6) is 0.553. The van der Waals surface area contributed by atoms with Crippen LogP contribution in [0.3, 0.4) is 0 Å². The maximum atomic E-state index is 5.70. The Balaban J connectivity index is 1.75. The lowest BCUT2D eigenvalue weighted by Crippen LogP contribution is -2.00. The van der Waals surface area contributed by atoms with Crippen molar-refractivity contribution in [2.24, 2.45) is 0 Å². The molecule has 3 aromatic rings. The van der Waals surface area contributed by atoms with Gasteiger partial charge in [-0.05, 0) is 29.2 Å². The number of hydrogen-bond donors (Lipinski definition) is 1. The van der Waals surface area contributed by atoms with Gasteiger partial charge in [-0.3, -0.25) is 0 Å². The van der Waals surface area contributed by atoms with E-state index in [-0.39, 0.29) is 0 Å². The Morgan fingerprint density at radius 2 is 1.68 bits per heavy atom. The van der Waals surface area contributed by atoms with Gasteiger partial charge in [-0.15, -0.1) is 5.10 Å². The smallest absolute Gasteiger partial charge is 0.113 e. The normalized spacial score (nSPS) is 11.0. The minimum Gasteiger partial charge on any atom is -0.399 e. The van der Waals surface area contributed by atoms with Crippen LogP contribution >= 0.6 is 0 Å². The van der Waals surface area contributed by atoms with Crippen LogP contribution in [0.1, 0.15) is 30.9 Å². The average molecular weight is 292 g/mol. The Morgan fingerprint density at radius 1 is 1.00 bits per heavy atom. The van der Waals surface area contributed by atoms with E-state index < -0.39 is 0 Å². The third-order valence-corrected chi connectivity index (χ3v) is 3.74. The van der Waals surface area contributed by atoms with Gasteiger partial charge in [-0.25, -0.2) is 4.68 Å². The number of nitrogens with two attached hydrogens (primary N) is 1. The summed E-state index contributed by atoms with van der Waals surface area (Å²) in [6.45, 7) is 5.12. The molecule has 0 aliphatic heterocycles. The van der Waals surface area contributed by atoms with Crippen molar-refractivity contribution in [3.63, 3.8) is 0 Å². The largest absolute Gasteiger partial charge is 0.399 e. The lowest BCUT2D eigenvalue weighted by atomic mass is 10.0. The molecule has 4 nitrogen and oxygen atoms in total. The van der Waals surface area contributed by atoms with Crippen molar-refractivity contribution in [3.05, 3.63) is 65.9 Å². The number of aromatic nitrogens is 3. The van der Waals surface area contributed by atoms with Gasteiger partial charge >= 0.3 is 0 Å². The zero-order valence-electron chi connectivity index (χ0n) is 12.9. The van der Waals surface area contributed by atoms with Gasteiger partial charge in [-0.2, -0.15) is 0 Å². The molecule has 1 heterocycles. The second kappa shape index (κ2) is 6.02. The van der Waals surface area contributed by atoms with Crippen LogP contribution in [0.4, 0.5) is 5.69 Å². The van der Waals surface area contributed by atoms with Gasteiger partial charge in [0.05, 0.1) is 12.7 Å². The minimum atomic E-state index is 0.553.